The van der Waals surface area contributed by atoms with E-state index in [4.69, 9.17) is 5.11 Å². The Hall–Kier alpha value is -3.35. The van der Waals surface area contributed by atoms with Crippen molar-refractivity contribution in [3.05, 3.63) is 59.7 Å². The quantitative estimate of drug-likeness (QED) is 0.588. The van der Waals surface area contributed by atoms with E-state index in [-0.39, 0.29) is 18.4 Å². The minimum Gasteiger partial charge on any atom is -0.480 e. The van der Waals surface area contributed by atoms with Crippen molar-refractivity contribution in [1.82, 2.24) is 5.32 Å². The summed E-state index contributed by atoms with van der Waals surface area (Å²) in [5.74, 6) is -0.632. The number of carboxylic acid groups (broad SMARTS) is 1. The number of para-hydroxylation sites is 1. The monoisotopic (exact) mass is 399 g/mol. The second-order valence-corrected chi connectivity index (χ2v) is 7.17. The first kappa shape index (κ1) is 23.7. The Morgan fingerprint density at radius 3 is 2.07 bits per heavy atom. The maximum Gasteiger partial charge on any atom is 0.323 e. The summed E-state index contributed by atoms with van der Waals surface area (Å²) in [6.45, 7) is 8.00. The van der Waals surface area contributed by atoms with Crippen LogP contribution in [0.1, 0.15) is 31.9 Å². The zero-order valence-electron chi connectivity index (χ0n) is 17.3. The molecule has 156 valence electrons. The average Bonchev–Trinajstić information content (AvgIpc) is 2.63. The molecule has 7 nitrogen and oxygen atoms in total. The van der Waals surface area contributed by atoms with Crippen molar-refractivity contribution in [2.24, 2.45) is 5.92 Å². The molecule has 4 N–H and O–H groups in total. The fourth-order valence-electron chi connectivity index (χ4n) is 2.13. The van der Waals surface area contributed by atoms with Crippen LogP contribution < -0.4 is 16.0 Å². The molecule has 7 heteroatoms. The number of amides is 3. The molecular formula is C22H29N3O4. The number of carbonyl (C=O) groups is 3. The van der Waals surface area contributed by atoms with Gasteiger partial charge in [0.1, 0.15) is 6.54 Å². The molecule has 0 heterocycles. The SMILES string of the molecule is CC(C)C.Cc1ccccc1NC(=O)Nc1ccc(CC(=O)NCC(=O)O)cc1. The van der Waals surface area contributed by atoms with E-state index < -0.39 is 12.5 Å². The second kappa shape index (κ2) is 12.2. The molecule has 2 rings (SSSR count). The lowest BCUT2D eigenvalue weighted by Gasteiger charge is -2.10. The number of anilines is 2. The van der Waals surface area contributed by atoms with E-state index in [1.807, 2.05) is 31.2 Å². The molecule has 0 aliphatic heterocycles. The summed E-state index contributed by atoms with van der Waals surface area (Å²) in [6.07, 6.45) is 0.0724. The molecule has 0 saturated heterocycles. The van der Waals surface area contributed by atoms with Crippen LogP contribution in [0.15, 0.2) is 48.5 Å². The fraction of sp³-hybridized carbons (Fsp3) is 0.318. The molecule has 0 saturated carbocycles. The Morgan fingerprint density at radius 2 is 1.52 bits per heavy atom. The lowest BCUT2D eigenvalue weighted by Crippen LogP contribution is -2.30. The van der Waals surface area contributed by atoms with E-state index in [0.717, 1.165) is 17.2 Å². The number of hydrogen-bond donors (Lipinski definition) is 4. The Kier molecular flexibility index (Phi) is 9.95. The summed E-state index contributed by atoms with van der Waals surface area (Å²) in [5, 5.41) is 16.3. The minimum atomic E-state index is -1.09. The first-order valence-corrected chi connectivity index (χ1v) is 9.38. The molecule has 0 bridgehead atoms. The van der Waals surface area contributed by atoms with Gasteiger partial charge in [-0.15, -0.1) is 0 Å². The summed E-state index contributed by atoms with van der Waals surface area (Å²) < 4.78 is 0. The van der Waals surface area contributed by atoms with Crippen molar-refractivity contribution >= 4 is 29.3 Å². The molecule has 0 spiro atoms. The highest BCUT2D eigenvalue weighted by atomic mass is 16.4. The van der Waals surface area contributed by atoms with Gasteiger partial charge in [-0.25, -0.2) is 4.79 Å². The van der Waals surface area contributed by atoms with Crippen LogP contribution in [0.2, 0.25) is 0 Å². The van der Waals surface area contributed by atoms with Crippen LogP contribution in [0.3, 0.4) is 0 Å². The minimum absolute atomic E-state index is 0.0724. The average molecular weight is 399 g/mol. The number of aryl methyl sites for hydroxylation is 1. The predicted molar refractivity (Wildman–Crippen MR) is 115 cm³/mol. The maximum atomic E-state index is 12.0. The third-order valence-electron chi connectivity index (χ3n) is 3.41. The van der Waals surface area contributed by atoms with Gasteiger partial charge in [0.25, 0.3) is 0 Å². The molecule has 0 aromatic heterocycles. The van der Waals surface area contributed by atoms with Crippen LogP contribution in [0, 0.1) is 12.8 Å². The van der Waals surface area contributed by atoms with Gasteiger partial charge >= 0.3 is 12.0 Å². The van der Waals surface area contributed by atoms with Crippen LogP contribution in [0.5, 0.6) is 0 Å². The number of aliphatic carboxylic acids is 1. The number of carboxylic acids is 1. The summed E-state index contributed by atoms with van der Waals surface area (Å²) >= 11 is 0. The molecule has 0 fully saturated rings. The van der Waals surface area contributed by atoms with E-state index in [1.54, 1.807) is 24.3 Å². The largest absolute Gasteiger partial charge is 0.480 e. The van der Waals surface area contributed by atoms with Gasteiger partial charge in [0.05, 0.1) is 6.42 Å². The molecule has 0 aliphatic rings. The maximum absolute atomic E-state index is 12.0. The van der Waals surface area contributed by atoms with Crippen LogP contribution in [0.4, 0.5) is 16.2 Å². The number of benzene rings is 2. The lowest BCUT2D eigenvalue weighted by atomic mass is 10.1. The zero-order valence-corrected chi connectivity index (χ0v) is 17.3. The fourth-order valence-corrected chi connectivity index (χ4v) is 2.13. The Balaban J connectivity index is 0.000000960. The van der Waals surface area contributed by atoms with Crippen LogP contribution >= 0.6 is 0 Å². The van der Waals surface area contributed by atoms with Crippen LogP contribution in [-0.2, 0) is 16.0 Å². The van der Waals surface area contributed by atoms with Gasteiger partial charge < -0.3 is 21.1 Å². The van der Waals surface area contributed by atoms with Gasteiger partial charge in [0.2, 0.25) is 5.91 Å². The van der Waals surface area contributed by atoms with E-state index in [0.29, 0.717) is 11.3 Å². The summed E-state index contributed by atoms with van der Waals surface area (Å²) in [7, 11) is 0. The molecule has 29 heavy (non-hydrogen) atoms. The Bertz CT molecular complexity index is 814. The lowest BCUT2D eigenvalue weighted by molar-refractivity contribution is -0.137. The van der Waals surface area contributed by atoms with Gasteiger partial charge in [-0.3, -0.25) is 9.59 Å². The number of rotatable bonds is 6. The van der Waals surface area contributed by atoms with E-state index in [2.05, 4.69) is 36.7 Å². The summed E-state index contributed by atoms with van der Waals surface area (Å²) in [4.78, 5) is 34.0. The first-order valence-electron chi connectivity index (χ1n) is 9.38. The van der Waals surface area contributed by atoms with Crippen LogP contribution in [0.25, 0.3) is 0 Å². The second-order valence-electron chi connectivity index (χ2n) is 7.17. The topological polar surface area (TPSA) is 108 Å². The molecule has 0 radical (unpaired) electrons. The van der Waals surface area contributed by atoms with Crippen molar-refractivity contribution in [3.8, 4) is 0 Å². The van der Waals surface area contributed by atoms with Gasteiger partial charge in [0.15, 0.2) is 0 Å². The molecule has 0 unspecified atom stereocenters. The number of nitrogens with one attached hydrogen (secondary N) is 3. The number of carbonyl (C=O) groups excluding carboxylic acids is 2. The number of hydrogen-bond acceptors (Lipinski definition) is 3. The third-order valence-corrected chi connectivity index (χ3v) is 3.41. The molecule has 0 atom stereocenters. The highest BCUT2D eigenvalue weighted by molar-refractivity contribution is 6.00. The first-order chi connectivity index (χ1) is 13.7. The summed E-state index contributed by atoms with van der Waals surface area (Å²) in [6, 6.07) is 13.8. The number of urea groups is 1. The highest BCUT2D eigenvalue weighted by Crippen LogP contribution is 2.15. The van der Waals surface area contributed by atoms with Crippen molar-refractivity contribution in [2.75, 3.05) is 17.2 Å². The highest BCUT2D eigenvalue weighted by Gasteiger charge is 2.07. The Labute approximate surface area is 171 Å². The van der Waals surface area contributed by atoms with Crippen molar-refractivity contribution in [3.63, 3.8) is 0 Å². The van der Waals surface area contributed by atoms with Crippen LogP contribution in [-0.4, -0.2) is 29.6 Å². The van der Waals surface area contributed by atoms with E-state index >= 15 is 0 Å². The van der Waals surface area contributed by atoms with Crippen molar-refractivity contribution in [1.29, 1.82) is 0 Å². The molecule has 0 aliphatic carbocycles. The Morgan fingerprint density at radius 1 is 0.931 bits per heavy atom. The van der Waals surface area contributed by atoms with Gasteiger partial charge in [0, 0.05) is 11.4 Å². The molecular weight excluding hydrogens is 370 g/mol. The third kappa shape index (κ3) is 10.5. The normalized spacial score (nSPS) is 9.83. The zero-order chi connectivity index (χ0) is 21.8. The van der Waals surface area contributed by atoms with Gasteiger partial charge in [-0.2, -0.15) is 0 Å². The van der Waals surface area contributed by atoms with Crippen molar-refractivity contribution < 1.29 is 19.5 Å². The van der Waals surface area contributed by atoms with Gasteiger partial charge in [-0.05, 0) is 42.2 Å². The molecule has 2 aromatic rings. The van der Waals surface area contributed by atoms with Crippen molar-refractivity contribution in [2.45, 2.75) is 34.1 Å². The van der Waals surface area contributed by atoms with E-state index in [1.165, 1.54) is 0 Å². The predicted octanol–water partition coefficient (Wildman–Crippen LogP) is 4.04. The van der Waals surface area contributed by atoms with Gasteiger partial charge in [-0.1, -0.05) is 51.1 Å². The van der Waals surface area contributed by atoms with E-state index in [9.17, 15) is 14.4 Å². The smallest absolute Gasteiger partial charge is 0.323 e. The molecule has 2 aromatic carbocycles. The molecule has 3 amide bonds. The summed E-state index contributed by atoms with van der Waals surface area (Å²) in [5.41, 5.74) is 2.99. The standard InChI is InChI=1S/C18H19N3O4.C4H10/c1-12-4-2-3-5-15(12)21-18(25)20-14-8-6-13(7-9-14)10-16(22)19-11-17(23)24;1-4(2)3/h2-9H,10-11H2,1H3,(H,19,22)(H,23,24)(H2,20,21,25);4H,1-3H3.